The summed E-state index contributed by atoms with van der Waals surface area (Å²) in [6.45, 7) is 12.4. The average molecular weight is 510 g/mol. The maximum atomic E-state index is 13.0. The molecule has 202 valence electrons. The lowest BCUT2D eigenvalue weighted by Crippen LogP contribution is -2.49. The normalized spacial score (nSPS) is 14.8. The Hall–Kier alpha value is -2.83. The molecule has 3 aromatic rings. The zero-order chi connectivity index (χ0) is 27.3. The zero-order valence-corrected chi connectivity index (χ0v) is 23.2. The molecule has 0 bridgehead atoms. The van der Waals surface area contributed by atoms with Crippen molar-refractivity contribution in [3.8, 4) is 17.1 Å². The van der Waals surface area contributed by atoms with Crippen LogP contribution >= 0.6 is 0 Å². The number of ether oxygens (including phenoxy) is 2. The molecule has 3 N–H and O–H groups in total. The first-order chi connectivity index (χ1) is 17.3. The number of furan rings is 1. The average Bonchev–Trinajstić information content (AvgIpc) is 3.24. The Balaban J connectivity index is 1.42. The monoisotopic (exact) mass is 509 g/mol. The Bertz CT molecular complexity index is 1160. The van der Waals surface area contributed by atoms with E-state index in [0.29, 0.717) is 31.6 Å². The van der Waals surface area contributed by atoms with Crippen LogP contribution in [0.1, 0.15) is 67.2 Å². The van der Waals surface area contributed by atoms with Gasteiger partial charge in [0.25, 0.3) is 0 Å². The van der Waals surface area contributed by atoms with Crippen LogP contribution in [0.15, 0.2) is 59.0 Å². The minimum atomic E-state index is -0.685. The quantitative estimate of drug-likeness (QED) is 0.208. The van der Waals surface area contributed by atoms with Crippen LogP contribution in [0.25, 0.3) is 22.3 Å². The number of hydrogen-bond donors (Lipinski definition) is 2. The fourth-order valence-electron chi connectivity index (χ4n) is 4.48. The van der Waals surface area contributed by atoms with Crippen molar-refractivity contribution in [1.82, 2.24) is 0 Å². The highest BCUT2D eigenvalue weighted by Crippen LogP contribution is 2.45. The van der Waals surface area contributed by atoms with Crippen LogP contribution in [-0.2, 0) is 9.53 Å². The van der Waals surface area contributed by atoms with Gasteiger partial charge in [-0.2, -0.15) is 0 Å². The molecule has 0 aliphatic rings. The van der Waals surface area contributed by atoms with Crippen LogP contribution in [0.4, 0.5) is 0 Å². The number of carbonyl (C=O) groups is 1. The number of unbranched alkanes of at least 4 members (excludes halogenated alkanes) is 1. The molecule has 3 rings (SSSR count). The van der Waals surface area contributed by atoms with Crippen LogP contribution < -0.4 is 10.5 Å². The summed E-state index contributed by atoms with van der Waals surface area (Å²) in [7, 11) is 0. The van der Waals surface area contributed by atoms with Crippen LogP contribution in [0.3, 0.4) is 0 Å². The van der Waals surface area contributed by atoms with E-state index < -0.39 is 17.1 Å². The van der Waals surface area contributed by atoms with E-state index in [0.717, 1.165) is 28.7 Å². The predicted octanol–water partition coefficient (Wildman–Crippen LogP) is 6.73. The van der Waals surface area contributed by atoms with Crippen molar-refractivity contribution in [2.24, 2.45) is 16.6 Å². The van der Waals surface area contributed by atoms with Gasteiger partial charge >= 0.3 is 5.97 Å². The number of esters is 1. The number of hydrogen-bond acceptors (Lipinski definition) is 6. The Labute approximate surface area is 221 Å². The van der Waals surface area contributed by atoms with Crippen molar-refractivity contribution in [3.05, 3.63) is 54.6 Å². The second kappa shape index (κ2) is 11.7. The van der Waals surface area contributed by atoms with Crippen LogP contribution in [0.2, 0.25) is 0 Å². The minimum Gasteiger partial charge on any atom is -0.491 e. The van der Waals surface area contributed by atoms with Gasteiger partial charge in [-0.1, -0.05) is 51.1 Å². The fourth-order valence-corrected chi connectivity index (χ4v) is 4.48. The molecule has 0 fully saturated rings. The van der Waals surface area contributed by atoms with Gasteiger partial charge in [-0.05, 0) is 70.1 Å². The highest BCUT2D eigenvalue weighted by atomic mass is 16.5. The first kappa shape index (κ1) is 28.7. The van der Waals surface area contributed by atoms with E-state index >= 15 is 0 Å². The van der Waals surface area contributed by atoms with Gasteiger partial charge in [0.1, 0.15) is 23.7 Å². The summed E-state index contributed by atoms with van der Waals surface area (Å²) in [6, 6.07) is 17.7. The molecule has 2 atom stereocenters. The number of rotatable bonds is 12. The van der Waals surface area contributed by atoms with Crippen molar-refractivity contribution >= 4 is 16.9 Å². The van der Waals surface area contributed by atoms with E-state index in [1.54, 1.807) is 0 Å². The molecule has 0 spiro atoms. The summed E-state index contributed by atoms with van der Waals surface area (Å²) >= 11 is 0. The molecule has 1 aromatic heterocycles. The molecular formula is C31H43NO5. The molecular weight excluding hydrogens is 466 g/mol. The molecule has 1 heterocycles. The Kier molecular flexibility index (Phi) is 9.09. The smallest absolute Gasteiger partial charge is 0.312 e. The maximum absolute atomic E-state index is 13.0. The summed E-state index contributed by atoms with van der Waals surface area (Å²) < 4.78 is 17.4. The summed E-state index contributed by atoms with van der Waals surface area (Å²) in [6.07, 6.45) is 1.89. The number of aliphatic hydroxyl groups excluding tert-OH is 1. The standard InChI is InChI=1S/C31H43NO5/c1-29(2,3)31(6,21-30(4,5)32)28(34)35-17-11-10-14-24(33)20-36-25-16-15-23-18-26(37-27(23)19-25)22-12-8-7-9-13-22/h7-9,12-13,15-16,18-19,24,33H,10-11,14,17,20-21,32H2,1-6H3. The molecule has 0 amide bonds. The van der Waals surface area contributed by atoms with Crippen molar-refractivity contribution in [2.75, 3.05) is 13.2 Å². The maximum Gasteiger partial charge on any atom is 0.312 e. The van der Waals surface area contributed by atoms with E-state index in [9.17, 15) is 9.90 Å². The molecule has 6 nitrogen and oxygen atoms in total. The van der Waals surface area contributed by atoms with E-state index in [1.807, 2.05) is 96.1 Å². The van der Waals surface area contributed by atoms with E-state index in [2.05, 4.69) is 0 Å². The molecule has 2 unspecified atom stereocenters. The summed E-state index contributed by atoms with van der Waals surface area (Å²) in [5, 5.41) is 11.4. The van der Waals surface area contributed by atoms with E-state index in [-0.39, 0.29) is 18.0 Å². The van der Waals surface area contributed by atoms with Gasteiger partial charge in [0.2, 0.25) is 0 Å². The molecule has 0 saturated carbocycles. The van der Waals surface area contributed by atoms with Crippen LogP contribution in [0, 0.1) is 10.8 Å². The van der Waals surface area contributed by atoms with Crippen molar-refractivity contribution in [2.45, 2.75) is 78.9 Å². The molecule has 0 aliphatic heterocycles. The number of carbonyl (C=O) groups excluding carboxylic acids is 1. The lowest BCUT2D eigenvalue weighted by molar-refractivity contribution is -0.164. The Morgan fingerprint density at radius 2 is 1.70 bits per heavy atom. The second-order valence-electron chi connectivity index (χ2n) is 12.0. The molecule has 6 heteroatoms. The van der Waals surface area contributed by atoms with Gasteiger partial charge in [0, 0.05) is 22.6 Å². The van der Waals surface area contributed by atoms with E-state index in [4.69, 9.17) is 19.6 Å². The number of aliphatic hydroxyl groups is 1. The number of benzene rings is 2. The van der Waals surface area contributed by atoms with Crippen molar-refractivity contribution in [1.29, 1.82) is 0 Å². The van der Waals surface area contributed by atoms with Crippen molar-refractivity contribution in [3.63, 3.8) is 0 Å². The minimum absolute atomic E-state index is 0.186. The summed E-state index contributed by atoms with van der Waals surface area (Å²) in [5.74, 6) is 1.24. The third kappa shape index (κ3) is 7.83. The Morgan fingerprint density at radius 1 is 1.00 bits per heavy atom. The lowest BCUT2D eigenvalue weighted by Gasteiger charge is -2.43. The lowest BCUT2D eigenvalue weighted by atomic mass is 9.63. The Morgan fingerprint density at radius 3 is 2.35 bits per heavy atom. The fraction of sp³-hybridized carbons (Fsp3) is 0.516. The van der Waals surface area contributed by atoms with Crippen molar-refractivity contribution < 1.29 is 23.8 Å². The highest BCUT2D eigenvalue weighted by Gasteiger charge is 2.47. The SMILES string of the molecule is CC(C)(N)CC(C)(C(=O)OCCCCC(O)COc1ccc2cc(-c3ccccc3)oc2c1)C(C)(C)C. The first-order valence-electron chi connectivity index (χ1n) is 13.1. The van der Waals surface area contributed by atoms with E-state index in [1.165, 1.54) is 0 Å². The zero-order valence-electron chi connectivity index (χ0n) is 23.2. The topological polar surface area (TPSA) is 94.9 Å². The molecule has 0 aliphatic carbocycles. The van der Waals surface area contributed by atoms with Gasteiger partial charge in [-0.25, -0.2) is 0 Å². The number of nitrogens with two attached hydrogens (primary N) is 1. The second-order valence-corrected chi connectivity index (χ2v) is 12.0. The molecule has 0 saturated heterocycles. The van der Waals surface area contributed by atoms with Gasteiger partial charge in [0.05, 0.1) is 18.1 Å². The summed E-state index contributed by atoms with van der Waals surface area (Å²) in [4.78, 5) is 13.0. The third-order valence-electron chi connectivity index (χ3n) is 7.07. The van der Waals surface area contributed by atoms with Gasteiger partial charge in [-0.3, -0.25) is 4.79 Å². The van der Waals surface area contributed by atoms with Crippen LogP contribution in [0.5, 0.6) is 5.75 Å². The van der Waals surface area contributed by atoms with Gasteiger partial charge in [-0.15, -0.1) is 0 Å². The predicted molar refractivity (Wildman–Crippen MR) is 148 cm³/mol. The van der Waals surface area contributed by atoms with Crippen LogP contribution in [-0.4, -0.2) is 35.9 Å². The number of fused-ring (bicyclic) bond motifs is 1. The molecule has 0 radical (unpaired) electrons. The summed E-state index contributed by atoms with van der Waals surface area (Å²) in [5.41, 5.74) is 6.56. The highest BCUT2D eigenvalue weighted by molar-refractivity contribution is 5.84. The van der Waals surface area contributed by atoms with Gasteiger partial charge < -0.3 is 24.7 Å². The molecule has 2 aromatic carbocycles. The third-order valence-corrected chi connectivity index (χ3v) is 7.07. The largest absolute Gasteiger partial charge is 0.491 e. The van der Waals surface area contributed by atoms with Gasteiger partial charge in [0.15, 0.2) is 0 Å². The molecule has 37 heavy (non-hydrogen) atoms. The first-order valence-corrected chi connectivity index (χ1v) is 13.1.